The van der Waals surface area contributed by atoms with Crippen LogP contribution in [0.4, 0.5) is 0 Å². The number of carbonyl (C=O) groups is 1. The zero-order valence-electron chi connectivity index (χ0n) is 8.34. The summed E-state index contributed by atoms with van der Waals surface area (Å²) >= 11 is 3.28. The number of hydrogen-bond donors (Lipinski definition) is 0. The van der Waals surface area contributed by atoms with Crippen LogP contribution in [0.5, 0.6) is 5.75 Å². The first-order chi connectivity index (χ1) is 6.66. The molecule has 0 aromatic heterocycles. The highest BCUT2D eigenvalue weighted by Crippen LogP contribution is 2.23. The van der Waals surface area contributed by atoms with Crippen LogP contribution in [-0.4, -0.2) is 17.7 Å². The predicted octanol–water partition coefficient (Wildman–Crippen LogP) is 2.97. The quantitative estimate of drug-likeness (QED) is 0.612. The lowest BCUT2D eigenvalue weighted by Gasteiger charge is -2.11. The number of ketones is 1. The van der Waals surface area contributed by atoms with E-state index >= 15 is 0 Å². The molecule has 0 spiro atoms. The topological polar surface area (TPSA) is 26.3 Å². The lowest BCUT2D eigenvalue weighted by Crippen LogP contribution is -2.05. The average Bonchev–Trinajstić information content (AvgIpc) is 2.15. The van der Waals surface area contributed by atoms with E-state index in [2.05, 4.69) is 15.9 Å². The minimum absolute atomic E-state index is 0.0401. The van der Waals surface area contributed by atoms with Gasteiger partial charge in [-0.25, -0.2) is 0 Å². The maximum absolute atomic E-state index is 11.3. The Balaban J connectivity index is 3.02. The average molecular weight is 257 g/mol. The lowest BCUT2D eigenvalue weighted by molar-refractivity contribution is 0.101. The van der Waals surface area contributed by atoms with E-state index in [-0.39, 0.29) is 5.78 Å². The first-order valence-corrected chi connectivity index (χ1v) is 5.58. The molecule has 0 bridgehead atoms. The number of rotatable bonds is 4. The molecule has 1 rings (SSSR count). The van der Waals surface area contributed by atoms with Gasteiger partial charge in [-0.3, -0.25) is 4.79 Å². The molecule has 0 atom stereocenters. The molecule has 2 nitrogen and oxygen atoms in total. The zero-order chi connectivity index (χ0) is 10.6. The highest BCUT2D eigenvalue weighted by Gasteiger charge is 2.09. The number of para-hydroxylation sites is 1. The first kappa shape index (κ1) is 11.2. The Kier molecular flexibility index (Phi) is 4.14. The van der Waals surface area contributed by atoms with Crippen LogP contribution in [0.15, 0.2) is 18.2 Å². The summed E-state index contributed by atoms with van der Waals surface area (Å²) in [6.07, 6.45) is 0. The summed E-state index contributed by atoms with van der Waals surface area (Å²) in [6, 6.07) is 5.60. The smallest absolute Gasteiger partial charge is 0.163 e. The van der Waals surface area contributed by atoms with Crippen molar-refractivity contribution in [3.63, 3.8) is 0 Å². The summed E-state index contributed by atoms with van der Waals surface area (Å²) in [5, 5.41) is 0.763. The van der Waals surface area contributed by atoms with Gasteiger partial charge in [-0.2, -0.15) is 0 Å². The molecule has 0 aliphatic carbocycles. The van der Waals surface area contributed by atoms with Crippen molar-refractivity contribution in [1.82, 2.24) is 0 Å². The molecule has 14 heavy (non-hydrogen) atoms. The minimum Gasteiger partial charge on any atom is -0.492 e. The van der Waals surface area contributed by atoms with Gasteiger partial charge in [0, 0.05) is 5.33 Å². The van der Waals surface area contributed by atoms with Crippen molar-refractivity contribution in [3.8, 4) is 5.75 Å². The number of ether oxygens (including phenoxy) is 1. The molecule has 1 aromatic carbocycles. The van der Waals surface area contributed by atoms with Gasteiger partial charge in [0.2, 0.25) is 0 Å². The molecule has 3 heteroatoms. The summed E-state index contributed by atoms with van der Waals surface area (Å²) < 4.78 is 5.51. The van der Waals surface area contributed by atoms with Crippen LogP contribution < -0.4 is 4.74 Å². The van der Waals surface area contributed by atoms with Crippen molar-refractivity contribution < 1.29 is 9.53 Å². The number of halogens is 1. The third kappa shape index (κ3) is 2.58. The fourth-order valence-corrected chi connectivity index (χ4v) is 1.42. The van der Waals surface area contributed by atoms with Gasteiger partial charge in [-0.15, -0.1) is 0 Å². The van der Waals surface area contributed by atoms with Crippen LogP contribution in [-0.2, 0) is 0 Å². The van der Waals surface area contributed by atoms with Gasteiger partial charge in [0.1, 0.15) is 5.75 Å². The molecule has 0 N–H and O–H groups in total. The summed E-state index contributed by atoms with van der Waals surface area (Å²) in [5.74, 6) is 0.748. The maximum atomic E-state index is 11.3. The van der Waals surface area contributed by atoms with E-state index < -0.39 is 0 Å². The summed E-state index contributed by atoms with van der Waals surface area (Å²) in [6.45, 7) is 4.07. The van der Waals surface area contributed by atoms with E-state index in [0.717, 1.165) is 10.9 Å². The molecule has 0 saturated carbocycles. The van der Waals surface area contributed by atoms with E-state index in [1.165, 1.54) is 0 Å². The number of aryl methyl sites for hydroxylation is 1. The molecule has 0 saturated heterocycles. The van der Waals surface area contributed by atoms with E-state index in [1.807, 2.05) is 19.1 Å². The van der Waals surface area contributed by atoms with E-state index in [1.54, 1.807) is 13.0 Å². The highest BCUT2D eigenvalue weighted by atomic mass is 79.9. The minimum atomic E-state index is 0.0401. The van der Waals surface area contributed by atoms with Crippen molar-refractivity contribution in [2.45, 2.75) is 13.8 Å². The van der Waals surface area contributed by atoms with Gasteiger partial charge in [-0.1, -0.05) is 28.1 Å². The van der Waals surface area contributed by atoms with E-state index in [4.69, 9.17) is 4.74 Å². The van der Waals surface area contributed by atoms with Gasteiger partial charge in [0.25, 0.3) is 0 Å². The molecule has 0 heterocycles. The molecule has 0 aliphatic heterocycles. The van der Waals surface area contributed by atoms with Gasteiger partial charge in [0.05, 0.1) is 12.2 Å². The van der Waals surface area contributed by atoms with Gasteiger partial charge in [0.15, 0.2) is 5.78 Å². The summed E-state index contributed by atoms with van der Waals surface area (Å²) in [4.78, 5) is 11.3. The van der Waals surface area contributed by atoms with Crippen LogP contribution in [0.25, 0.3) is 0 Å². The Morgan fingerprint density at radius 1 is 1.50 bits per heavy atom. The summed E-state index contributed by atoms with van der Waals surface area (Å²) in [5.41, 5.74) is 1.66. The third-order valence-corrected chi connectivity index (χ3v) is 2.24. The summed E-state index contributed by atoms with van der Waals surface area (Å²) in [7, 11) is 0. The Hall–Kier alpha value is -0.830. The number of benzene rings is 1. The van der Waals surface area contributed by atoms with Crippen molar-refractivity contribution in [2.75, 3.05) is 11.9 Å². The maximum Gasteiger partial charge on any atom is 0.163 e. The second-order valence-corrected chi connectivity index (χ2v) is 3.84. The van der Waals surface area contributed by atoms with E-state index in [9.17, 15) is 4.79 Å². The van der Waals surface area contributed by atoms with Crippen LogP contribution in [0.3, 0.4) is 0 Å². The van der Waals surface area contributed by atoms with Crippen molar-refractivity contribution in [3.05, 3.63) is 29.3 Å². The number of hydrogen-bond acceptors (Lipinski definition) is 2. The van der Waals surface area contributed by atoms with Crippen molar-refractivity contribution in [2.24, 2.45) is 0 Å². The van der Waals surface area contributed by atoms with Crippen LogP contribution >= 0.6 is 15.9 Å². The first-order valence-electron chi connectivity index (χ1n) is 4.46. The Morgan fingerprint density at radius 2 is 2.21 bits per heavy atom. The fraction of sp³-hybridized carbons (Fsp3) is 0.364. The Bertz CT molecular complexity index is 334. The van der Waals surface area contributed by atoms with Crippen molar-refractivity contribution >= 4 is 21.7 Å². The van der Waals surface area contributed by atoms with Crippen LogP contribution in [0.2, 0.25) is 0 Å². The second kappa shape index (κ2) is 5.15. The van der Waals surface area contributed by atoms with Crippen LogP contribution in [0.1, 0.15) is 22.8 Å². The molecule has 0 amide bonds. The second-order valence-electron chi connectivity index (χ2n) is 3.05. The fourth-order valence-electron chi connectivity index (χ4n) is 1.26. The monoisotopic (exact) mass is 256 g/mol. The zero-order valence-corrected chi connectivity index (χ0v) is 9.93. The number of Topliss-reactive ketones (excluding diaryl/α,β-unsaturated/α-hetero) is 1. The highest BCUT2D eigenvalue weighted by molar-refractivity contribution is 9.09. The molecular formula is C11H13BrO2. The molecule has 0 fully saturated rings. The molecular weight excluding hydrogens is 244 g/mol. The SMILES string of the molecule is CC(=O)c1cccc(C)c1OCCBr. The van der Waals surface area contributed by atoms with Gasteiger partial charge >= 0.3 is 0 Å². The van der Waals surface area contributed by atoms with Gasteiger partial charge < -0.3 is 4.74 Å². The normalized spacial score (nSPS) is 9.93. The molecule has 0 aliphatic rings. The van der Waals surface area contributed by atoms with Crippen molar-refractivity contribution in [1.29, 1.82) is 0 Å². The number of alkyl halides is 1. The van der Waals surface area contributed by atoms with Gasteiger partial charge in [-0.05, 0) is 25.5 Å². The predicted molar refractivity (Wildman–Crippen MR) is 60.5 cm³/mol. The lowest BCUT2D eigenvalue weighted by atomic mass is 10.1. The Morgan fingerprint density at radius 3 is 2.79 bits per heavy atom. The largest absolute Gasteiger partial charge is 0.492 e. The molecule has 0 unspecified atom stereocenters. The molecule has 1 aromatic rings. The molecule has 0 radical (unpaired) electrons. The van der Waals surface area contributed by atoms with E-state index in [0.29, 0.717) is 17.9 Å². The van der Waals surface area contributed by atoms with Crippen LogP contribution in [0, 0.1) is 6.92 Å². The third-order valence-electron chi connectivity index (χ3n) is 1.91. The Labute approximate surface area is 92.4 Å². The standard InChI is InChI=1S/C11H13BrO2/c1-8-4-3-5-10(9(2)13)11(8)14-7-6-12/h3-5H,6-7H2,1-2H3. The number of carbonyl (C=O) groups excluding carboxylic acids is 1. The molecule has 76 valence electrons.